The number of nitrogens with one attached hydrogen (secondary N) is 1. The maximum atomic E-state index is 11.5. The Morgan fingerprint density at radius 2 is 2.00 bits per heavy atom. The molecule has 0 unspecified atom stereocenters. The first-order valence-corrected chi connectivity index (χ1v) is 5.26. The van der Waals surface area contributed by atoms with E-state index >= 15 is 0 Å². The van der Waals surface area contributed by atoms with Crippen molar-refractivity contribution in [3.8, 4) is 5.75 Å². The highest BCUT2D eigenvalue weighted by Crippen LogP contribution is 2.23. The number of anilines is 1. The lowest BCUT2D eigenvalue weighted by atomic mass is 10.2. The van der Waals surface area contributed by atoms with Crippen LogP contribution in [0.15, 0.2) is 24.3 Å². The van der Waals surface area contributed by atoms with Gasteiger partial charge in [-0.15, -0.1) is 0 Å². The van der Waals surface area contributed by atoms with Crippen molar-refractivity contribution in [1.29, 1.82) is 0 Å². The van der Waals surface area contributed by atoms with E-state index in [0.29, 0.717) is 11.4 Å². The van der Waals surface area contributed by atoms with Crippen molar-refractivity contribution in [3.05, 3.63) is 24.3 Å². The third-order valence-corrected chi connectivity index (χ3v) is 2.17. The minimum Gasteiger partial charge on any atom is -0.550 e. The number of para-hydroxylation sites is 2. The summed E-state index contributed by atoms with van der Waals surface area (Å²) in [6.07, 6.45) is 0.300. The smallest absolute Gasteiger partial charge is 0.224 e. The zero-order valence-electron chi connectivity index (χ0n) is 9.56. The number of rotatable bonds is 6. The summed E-state index contributed by atoms with van der Waals surface area (Å²) in [7, 11) is 1.51. The van der Waals surface area contributed by atoms with Crippen molar-refractivity contribution in [2.24, 2.45) is 0 Å². The number of carbonyl (C=O) groups excluding carboxylic acids is 2. The first kappa shape index (κ1) is 13.0. The SMILES string of the molecule is COc1ccccc1NC(=O)CCCC(=O)[O-]. The third kappa shape index (κ3) is 4.55. The lowest BCUT2D eigenvalue weighted by Crippen LogP contribution is -2.22. The van der Waals surface area contributed by atoms with Gasteiger partial charge in [-0.1, -0.05) is 12.1 Å². The van der Waals surface area contributed by atoms with Gasteiger partial charge in [0.1, 0.15) is 5.75 Å². The number of aliphatic carboxylic acids is 1. The second kappa shape index (κ2) is 6.52. The summed E-state index contributed by atoms with van der Waals surface area (Å²) in [5.41, 5.74) is 0.577. The fourth-order valence-electron chi connectivity index (χ4n) is 1.35. The van der Waals surface area contributed by atoms with Gasteiger partial charge >= 0.3 is 0 Å². The van der Waals surface area contributed by atoms with Crippen molar-refractivity contribution >= 4 is 17.6 Å². The predicted octanol–water partition coefficient (Wildman–Crippen LogP) is 0.554. The zero-order chi connectivity index (χ0) is 12.7. The van der Waals surface area contributed by atoms with Crippen molar-refractivity contribution in [1.82, 2.24) is 0 Å². The molecular weight excluding hydrogens is 222 g/mol. The van der Waals surface area contributed by atoms with Crippen LogP contribution in [0, 0.1) is 0 Å². The molecule has 0 spiro atoms. The zero-order valence-corrected chi connectivity index (χ0v) is 9.56. The van der Waals surface area contributed by atoms with E-state index < -0.39 is 5.97 Å². The molecule has 5 nitrogen and oxygen atoms in total. The van der Waals surface area contributed by atoms with Gasteiger partial charge in [0.15, 0.2) is 0 Å². The standard InChI is InChI=1S/C12H15NO4/c1-17-10-6-3-2-5-9(10)13-11(14)7-4-8-12(15)16/h2-3,5-6H,4,7-8H2,1H3,(H,13,14)(H,15,16)/p-1. The summed E-state index contributed by atoms with van der Waals surface area (Å²) in [5, 5.41) is 12.8. The molecule has 17 heavy (non-hydrogen) atoms. The lowest BCUT2D eigenvalue weighted by molar-refractivity contribution is -0.305. The molecule has 0 bridgehead atoms. The van der Waals surface area contributed by atoms with Gasteiger partial charge in [0.25, 0.3) is 0 Å². The monoisotopic (exact) mass is 236 g/mol. The van der Waals surface area contributed by atoms with Crippen LogP contribution in [0.2, 0.25) is 0 Å². The minimum absolute atomic E-state index is 0.112. The Morgan fingerprint density at radius 3 is 2.65 bits per heavy atom. The Labute approximate surface area is 99.4 Å². The molecule has 1 rings (SSSR count). The molecule has 0 radical (unpaired) electrons. The van der Waals surface area contributed by atoms with Crippen LogP contribution in [-0.2, 0) is 9.59 Å². The van der Waals surface area contributed by atoms with Crippen LogP contribution in [-0.4, -0.2) is 19.0 Å². The molecular formula is C12H14NO4-. The number of hydrogen-bond acceptors (Lipinski definition) is 4. The molecule has 0 heterocycles. The summed E-state index contributed by atoms with van der Waals surface area (Å²) in [5.74, 6) is -0.813. The Morgan fingerprint density at radius 1 is 1.29 bits per heavy atom. The van der Waals surface area contributed by atoms with E-state index in [1.165, 1.54) is 7.11 Å². The number of methoxy groups -OCH3 is 1. The fraction of sp³-hybridized carbons (Fsp3) is 0.333. The second-order valence-corrected chi connectivity index (χ2v) is 3.47. The summed E-state index contributed by atoms with van der Waals surface area (Å²) in [6, 6.07) is 7.02. The van der Waals surface area contributed by atoms with Crippen LogP contribution in [0.4, 0.5) is 5.69 Å². The van der Waals surface area contributed by atoms with Crippen LogP contribution in [0.25, 0.3) is 0 Å². The molecule has 0 saturated heterocycles. The third-order valence-electron chi connectivity index (χ3n) is 2.17. The summed E-state index contributed by atoms with van der Waals surface area (Å²) < 4.78 is 5.07. The number of benzene rings is 1. The summed E-state index contributed by atoms with van der Waals surface area (Å²) in [4.78, 5) is 21.7. The predicted molar refractivity (Wildman–Crippen MR) is 60.5 cm³/mol. The second-order valence-electron chi connectivity index (χ2n) is 3.47. The van der Waals surface area contributed by atoms with Gasteiger partial charge in [0.2, 0.25) is 5.91 Å². The average Bonchev–Trinajstić information content (AvgIpc) is 2.29. The van der Waals surface area contributed by atoms with E-state index in [-0.39, 0.29) is 25.2 Å². The number of ether oxygens (including phenoxy) is 1. The average molecular weight is 236 g/mol. The number of carboxylic acids is 1. The maximum Gasteiger partial charge on any atom is 0.224 e. The van der Waals surface area contributed by atoms with E-state index in [1.54, 1.807) is 24.3 Å². The van der Waals surface area contributed by atoms with Crippen molar-refractivity contribution < 1.29 is 19.4 Å². The number of carboxylic acid groups (broad SMARTS) is 1. The highest BCUT2D eigenvalue weighted by atomic mass is 16.5. The summed E-state index contributed by atoms with van der Waals surface area (Å²) in [6.45, 7) is 0. The molecule has 0 aliphatic heterocycles. The van der Waals surface area contributed by atoms with Crippen LogP contribution in [0.1, 0.15) is 19.3 Å². The Balaban J connectivity index is 2.47. The number of carbonyl (C=O) groups is 2. The van der Waals surface area contributed by atoms with Gasteiger partial charge in [-0.25, -0.2) is 0 Å². The molecule has 0 aliphatic carbocycles. The van der Waals surface area contributed by atoms with Crippen molar-refractivity contribution in [2.75, 3.05) is 12.4 Å². The number of hydrogen-bond donors (Lipinski definition) is 1. The topological polar surface area (TPSA) is 78.5 Å². The van der Waals surface area contributed by atoms with Gasteiger partial charge < -0.3 is 20.0 Å². The van der Waals surface area contributed by atoms with E-state index in [9.17, 15) is 14.7 Å². The van der Waals surface area contributed by atoms with Crippen molar-refractivity contribution in [2.45, 2.75) is 19.3 Å². The van der Waals surface area contributed by atoms with E-state index in [0.717, 1.165) is 0 Å². The molecule has 0 saturated carbocycles. The Bertz CT molecular complexity index is 403. The Kier molecular flexibility index (Phi) is 5.00. The van der Waals surface area contributed by atoms with Crippen LogP contribution in [0.3, 0.4) is 0 Å². The van der Waals surface area contributed by atoms with Crippen LogP contribution < -0.4 is 15.2 Å². The number of amides is 1. The fourth-order valence-corrected chi connectivity index (χ4v) is 1.35. The minimum atomic E-state index is -1.14. The molecule has 0 fully saturated rings. The molecule has 92 valence electrons. The molecule has 1 aromatic rings. The normalized spacial score (nSPS) is 9.71. The van der Waals surface area contributed by atoms with Gasteiger partial charge in [0.05, 0.1) is 12.8 Å². The highest BCUT2D eigenvalue weighted by Gasteiger charge is 2.06. The first-order chi connectivity index (χ1) is 8.13. The molecule has 0 aliphatic rings. The van der Waals surface area contributed by atoms with Gasteiger partial charge in [-0.3, -0.25) is 4.79 Å². The van der Waals surface area contributed by atoms with Gasteiger partial charge in [0, 0.05) is 12.4 Å². The lowest BCUT2D eigenvalue weighted by Gasteiger charge is -2.09. The molecule has 1 N–H and O–H groups in total. The summed E-state index contributed by atoms with van der Waals surface area (Å²) >= 11 is 0. The molecule has 1 aromatic carbocycles. The Hall–Kier alpha value is -2.04. The quantitative estimate of drug-likeness (QED) is 0.782. The molecule has 0 atom stereocenters. The maximum absolute atomic E-state index is 11.5. The molecule has 1 amide bonds. The van der Waals surface area contributed by atoms with Crippen LogP contribution in [0.5, 0.6) is 5.75 Å². The molecule has 0 aromatic heterocycles. The van der Waals surface area contributed by atoms with E-state index in [1.807, 2.05) is 0 Å². The van der Waals surface area contributed by atoms with E-state index in [2.05, 4.69) is 5.32 Å². The van der Waals surface area contributed by atoms with Crippen LogP contribution >= 0.6 is 0 Å². The highest BCUT2D eigenvalue weighted by molar-refractivity contribution is 5.92. The van der Waals surface area contributed by atoms with Gasteiger partial charge in [-0.2, -0.15) is 0 Å². The van der Waals surface area contributed by atoms with Crippen molar-refractivity contribution in [3.63, 3.8) is 0 Å². The first-order valence-electron chi connectivity index (χ1n) is 5.26. The van der Waals surface area contributed by atoms with Gasteiger partial charge in [-0.05, 0) is 25.0 Å². The largest absolute Gasteiger partial charge is 0.550 e. The van der Waals surface area contributed by atoms with E-state index in [4.69, 9.17) is 4.74 Å². The molecule has 5 heteroatoms.